The lowest BCUT2D eigenvalue weighted by Crippen LogP contribution is -2.00. The van der Waals surface area contributed by atoms with E-state index >= 15 is 0 Å². The predicted octanol–water partition coefficient (Wildman–Crippen LogP) is 12.5. The van der Waals surface area contributed by atoms with Gasteiger partial charge in [-0.1, -0.05) is 152 Å². The minimum atomic E-state index is -0.424. The van der Waals surface area contributed by atoms with Gasteiger partial charge in [-0.05, 0) is 23.3 Å². The van der Waals surface area contributed by atoms with Crippen LogP contribution in [0.2, 0.25) is 0 Å². The first kappa shape index (κ1) is 23.8. The molecule has 10 aromatic rings. The van der Waals surface area contributed by atoms with E-state index in [0.717, 1.165) is 44.2 Å². The van der Waals surface area contributed by atoms with Crippen molar-refractivity contribution in [3.8, 4) is 56.4 Å². The lowest BCUT2D eigenvalue weighted by molar-refractivity contribution is 0.670. The summed E-state index contributed by atoms with van der Waals surface area (Å²) in [5, 5.41) is 4.31. The molecule has 0 N–H and O–H groups in total. The van der Waals surface area contributed by atoms with Crippen LogP contribution < -0.4 is 0 Å². The van der Waals surface area contributed by atoms with E-state index in [1.54, 1.807) is 35.6 Å². The number of hydrogen-bond acceptors (Lipinski definition) is 5. The summed E-state index contributed by atoms with van der Waals surface area (Å²) >= 11 is 1.79. The Labute approximate surface area is 299 Å². The monoisotopic (exact) mass is 662 g/mol. The fourth-order valence-corrected chi connectivity index (χ4v) is 7.96. The highest BCUT2D eigenvalue weighted by atomic mass is 32.1. The maximum absolute atomic E-state index is 8.46. The summed E-state index contributed by atoms with van der Waals surface area (Å²) in [7, 11) is 0. The van der Waals surface area contributed by atoms with Crippen LogP contribution in [-0.4, -0.2) is 15.0 Å². The Morgan fingerprint density at radius 1 is 0.460 bits per heavy atom. The summed E-state index contributed by atoms with van der Waals surface area (Å²) in [6, 6.07) is 42.3. The van der Waals surface area contributed by atoms with Gasteiger partial charge in [-0.2, -0.15) is 0 Å². The molecule has 0 bridgehead atoms. The molecular weight excluding hydrogens is 631 g/mol. The van der Waals surface area contributed by atoms with E-state index in [2.05, 4.69) is 60.7 Å². The van der Waals surface area contributed by atoms with Crippen LogP contribution >= 0.6 is 11.3 Å². The van der Waals surface area contributed by atoms with Crippen molar-refractivity contribution in [1.82, 2.24) is 15.0 Å². The number of para-hydroxylation sites is 1. The van der Waals surface area contributed by atoms with Crippen molar-refractivity contribution >= 4 is 53.4 Å². The minimum Gasteiger partial charge on any atom is -0.455 e. The van der Waals surface area contributed by atoms with Crippen molar-refractivity contribution < 1.29 is 11.3 Å². The first-order valence-corrected chi connectivity index (χ1v) is 17.0. The van der Waals surface area contributed by atoms with Gasteiger partial charge in [-0.15, -0.1) is 11.3 Å². The Hall–Kier alpha value is -6.43. The van der Waals surface area contributed by atoms with Crippen molar-refractivity contribution in [2.24, 2.45) is 0 Å². The van der Waals surface area contributed by atoms with Crippen molar-refractivity contribution in [1.29, 1.82) is 0 Å². The number of nitrogens with zero attached hydrogens (tertiary/aromatic N) is 3. The van der Waals surface area contributed by atoms with Gasteiger partial charge in [0.25, 0.3) is 0 Å². The van der Waals surface area contributed by atoms with Gasteiger partial charge >= 0.3 is 0 Å². The quantitative estimate of drug-likeness (QED) is 0.184. The van der Waals surface area contributed by atoms with Gasteiger partial charge < -0.3 is 4.42 Å². The molecule has 5 heteroatoms. The maximum Gasteiger partial charge on any atom is 0.164 e. The van der Waals surface area contributed by atoms with Gasteiger partial charge in [0.15, 0.2) is 17.5 Å². The number of rotatable bonds is 5. The van der Waals surface area contributed by atoms with Gasteiger partial charge in [0.2, 0.25) is 0 Å². The van der Waals surface area contributed by atoms with E-state index < -0.39 is 6.04 Å². The average Bonchev–Trinajstić information content (AvgIpc) is 3.82. The molecular formula is C45H27N3OS. The molecule has 0 aliphatic carbocycles. The number of hydrogen-bond donors (Lipinski definition) is 0. The summed E-state index contributed by atoms with van der Waals surface area (Å²) in [6.07, 6.45) is 0. The van der Waals surface area contributed by atoms with Crippen molar-refractivity contribution in [3.63, 3.8) is 0 Å². The van der Waals surface area contributed by atoms with Gasteiger partial charge in [0.1, 0.15) is 11.2 Å². The van der Waals surface area contributed by atoms with Gasteiger partial charge in [0.05, 0.1) is 6.85 Å². The molecule has 4 nitrogen and oxygen atoms in total. The Morgan fingerprint density at radius 2 is 1.08 bits per heavy atom. The zero-order chi connectivity index (χ0) is 37.4. The van der Waals surface area contributed by atoms with Crippen LogP contribution in [-0.2, 0) is 0 Å². The maximum atomic E-state index is 8.46. The van der Waals surface area contributed by atoms with Crippen LogP contribution in [0.3, 0.4) is 0 Å². The molecule has 0 spiro atoms. The zero-order valence-corrected chi connectivity index (χ0v) is 27.2. The lowest BCUT2D eigenvalue weighted by atomic mass is 9.99. The number of benzene rings is 7. The molecule has 0 aliphatic rings. The molecule has 3 aromatic heterocycles. The van der Waals surface area contributed by atoms with Crippen molar-refractivity contribution in [2.75, 3.05) is 0 Å². The summed E-state index contributed by atoms with van der Waals surface area (Å²) < 4.78 is 50.3. The van der Waals surface area contributed by atoms with E-state index in [1.165, 1.54) is 20.2 Å². The molecule has 0 unspecified atom stereocenters. The first-order valence-electron chi connectivity index (χ1n) is 18.7. The van der Waals surface area contributed by atoms with Gasteiger partial charge in [0, 0.05) is 58.8 Å². The SMILES string of the molecule is [2H]c1c([2H])c([2H])c(-c2ccc(-c3nc(-c4ccccc4)nc(-c4cccc5oc6c(-c7cccc8c7sc7ccccc78)cccc6c45)n3)cc2)c([2H])c1[2H]. The fourth-order valence-electron chi connectivity index (χ4n) is 6.73. The second kappa shape index (κ2) is 11.6. The number of furan rings is 1. The summed E-state index contributed by atoms with van der Waals surface area (Å²) in [5.41, 5.74) is 6.57. The van der Waals surface area contributed by atoms with Crippen LogP contribution in [0.1, 0.15) is 6.85 Å². The fraction of sp³-hybridized carbons (Fsp3) is 0. The van der Waals surface area contributed by atoms with Crippen molar-refractivity contribution in [3.05, 3.63) is 164 Å². The average molecular weight is 663 g/mol. The Balaban J connectivity index is 1.15. The third-order valence-corrected chi connectivity index (χ3v) is 10.3. The molecule has 3 heterocycles. The largest absolute Gasteiger partial charge is 0.455 e. The number of fused-ring (bicyclic) bond motifs is 6. The highest BCUT2D eigenvalue weighted by Gasteiger charge is 2.21. The molecule has 0 saturated heterocycles. The predicted molar refractivity (Wildman–Crippen MR) is 207 cm³/mol. The van der Waals surface area contributed by atoms with Gasteiger partial charge in [-0.3, -0.25) is 0 Å². The van der Waals surface area contributed by atoms with E-state index in [-0.39, 0.29) is 29.7 Å². The smallest absolute Gasteiger partial charge is 0.164 e. The third-order valence-electron chi connectivity index (χ3n) is 9.06. The molecule has 0 fully saturated rings. The molecule has 0 aliphatic heterocycles. The second-order valence-corrected chi connectivity index (χ2v) is 13.0. The second-order valence-electron chi connectivity index (χ2n) is 12.0. The molecule has 7 aromatic carbocycles. The molecule has 0 radical (unpaired) electrons. The van der Waals surface area contributed by atoms with E-state index in [1.807, 2.05) is 48.5 Å². The highest BCUT2D eigenvalue weighted by Crippen LogP contribution is 2.44. The zero-order valence-electron chi connectivity index (χ0n) is 31.4. The normalized spacial score (nSPS) is 13.0. The van der Waals surface area contributed by atoms with E-state index in [0.29, 0.717) is 28.6 Å². The number of aromatic nitrogens is 3. The van der Waals surface area contributed by atoms with Gasteiger partial charge in [-0.25, -0.2) is 15.0 Å². The molecule has 50 heavy (non-hydrogen) atoms. The minimum absolute atomic E-state index is 0.139. The summed E-state index contributed by atoms with van der Waals surface area (Å²) in [5.74, 6) is 1.40. The summed E-state index contributed by atoms with van der Waals surface area (Å²) in [6.45, 7) is 0. The third kappa shape index (κ3) is 4.71. The number of thiophene rings is 1. The molecule has 0 amide bonds. The Kier molecular flexibility index (Phi) is 5.54. The topological polar surface area (TPSA) is 51.8 Å². The first-order chi connectivity index (χ1) is 26.9. The molecule has 234 valence electrons. The Morgan fingerprint density at radius 3 is 1.90 bits per heavy atom. The van der Waals surface area contributed by atoms with Crippen molar-refractivity contribution in [2.45, 2.75) is 0 Å². The summed E-state index contributed by atoms with van der Waals surface area (Å²) in [4.78, 5) is 15.0. The van der Waals surface area contributed by atoms with Crippen LogP contribution in [0, 0.1) is 0 Å². The highest BCUT2D eigenvalue weighted by molar-refractivity contribution is 7.26. The Bertz CT molecular complexity index is 3130. The van der Waals surface area contributed by atoms with Crippen LogP contribution in [0.4, 0.5) is 0 Å². The standard InChI is InChI=1S/C45H27N3OS/c1-3-12-28(13-4-1)29-24-26-31(27-25-29)44-46-43(30-14-5-2-6-15-30)47-45(48-44)37-21-11-22-38-40(37)36-20-9-17-33(41(36)49-38)35-19-10-18-34-32-16-7-8-23-39(32)50-42(34)35/h1-27H/i1D,3D,4D,12D,13D. The van der Waals surface area contributed by atoms with Crippen LogP contribution in [0.25, 0.3) is 98.5 Å². The molecule has 0 atom stereocenters. The van der Waals surface area contributed by atoms with Crippen LogP contribution in [0.15, 0.2) is 168 Å². The lowest BCUT2D eigenvalue weighted by Gasteiger charge is -2.10. The molecule has 0 saturated carbocycles. The van der Waals surface area contributed by atoms with Crippen LogP contribution in [0.5, 0.6) is 0 Å². The van der Waals surface area contributed by atoms with E-state index in [9.17, 15) is 0 Å². The van der Waals surface area contributed by atoms with E-state index in [4.69, 9.17) is 26.2 Å². The molecule has 10 rings (SSSR count).